The van der Waals surface area contributed by atoms with Crippen LogP contribution in [0.4, 0.5) is 0 Å². The predicted molar refractivity (Wildman–Crippen MR) is 60.4 cm³/mol. The molecule has 17 heavy (non-hydrogen) atoms. The van der Waals surface area contributed by atoms with Gasteiger partial charge in [-0.3, -0.25) is 4.79 Å². The van der Waals surface area contributed by atoms with E-state index in [0.717, 1.165) is 13.0 Å². The molecule has 1 saturated heterocycles. The molecule has 1 aromatic heterocycles. The lowest BCUT2D eigenvalue weighted by atomic mass is 10.1. The molecule has 1 aliphatic heterocycles. The van der Waals surface area contributed by atoms with Crippen molar-refractivity contribution in [1.82, 2.24) is 15.1 Å². The molecule has 90 valence electrons. The highest BCUT2D eigenvalue weighted by atomic mass is 16.5. The van der Waals surface area contributed by atoms with E-state index in [2.05, 4.69) is 10.2 Å². The molecule has 1 saturated carbocycles. The first-order valence-electron chi connectivity index (χ1n) is 5.91. The summed E-state index contributed by atoms with van der Waals surface area (Å²) in [5.41, 5.74) is 0.613. The maximum atomic E-state index is 12.3. The minimum Gasteiger partial charge on any atom is -0.379 e. The highest BCUT2D eigenvalue weighted by Gasteiger charge is 2.49. The van der Waals surface area contributed by atoms with Crippen molar-refractivity contribution in [1.29, 1.82) is 0 Å². The molecule has 0 N–H and O–H groups in total. The summed E-state index contributed by atoms with van der Waals surface area (Å²) < 4.78 is 5.49. The average molecular weight is 233 g/mol. The fraction of sp³-hybridized carbons (Fsp3) is 0.583. The molecular weight excluding hydrogens is 218 g/mol. The van der Waals surface area contributed by atoms with E-state index in [9.17, 15) is 4.79 Å². The van der Waals surface area contributed by atoms with E-state index < -0.39 is 0 Å². The monoisotopic (exact) mass is 233 g/mol. The number of hydrogen-bond acceptors (Lipinski definition) is 4. The molecule has 1 aromatic rings. The van der Waals surface area contributed by atoms with Gasteiger partial charge in [-0.05, 0) is 18.9 Å². The van der Waals surface area contributed by atoms with E-state index in [1.54, 1.807) is 19.4 Å². The van der Waals surface area contributed by atoms with E-state index >= 15 is 0 Å². The van der Waals surface area contributed by atoms with Crippen LogP contribution in [0, 0.1) is 5.92 Å². The molecule has 0 unspecified atom stereocenters. The number of rotatable bonds is 2. The number of carbonyl (C=O) groups is 1. The first-order valence-corrected chi connectivity index (χ1v) is 5.91. The van der Waals surface area contributed by atoms with Gasteiger partial charge in [0.15, 0.2) is 0 Å². The van der Waals surface area contributed by atoms with Crippen molar-refractivity contribution in [3.63, 3.8) is 0 Å². The van der Waals surface area contributed by atoms with E-state index in [4.69, 9.17) is 4.74 Å². The summed E-state index contributed by atoms with van der Waals surface area (Å²) in [5, 5.41) is 7.44. The number of carbonyl (C=O) groups excluding carboxylic acids is 1. The second-order valence-corrected chi connectivity index (χ2v) is 4.69. The molecule has 0 aromatic carbocycles. The van der Waals surface area contributed by atoms with Gasteiger partial charge in [-0.2, -0.15) is 10.2 Å². The number of likely N-dealkylation sites (tertiary alicyclic amines) is 1. The minimum absolute atomic E-state index is 0.0501. The van der Waals surface area contributed by atoms with Crippen molar-refractivity contribution >= 4 is 5.91 Å². The highest BCUT2D eigenvalue weighted by Crippen LogP contribution is 2.40. The normalized spacial score (nSPS) is 30.9. The largest absolute Gasteiger partial charge is 0.379 e. The second-order valence-electron chi connectivity index (χ2n) is 4.69. The Morgan fingerprint density at radius 1 is 1.47 bits per heavy atom. The third kappa shape index (κ3) is 1.61. The summed E-state index contributed by atoms with van der Waals surface area (Å²) in [7, 11) is 1.73. The topological polar surface area (TPSA) is 55.3 Å². The SMILES string of the molecule is CO[C@@H]1[C@H]2CC[C@H]1N(C(=O)c1ccnnc1)C2. The van der Waals surface area contributed by atoms with Crippen molar-refractivity contribution in [2.24, 2.45) is 5.92 Å². The Bertz CT molecular complexity index is 423. The summed E-state index contributed by atoms with van der Waals surface area (Å²) in [6, 6.07) is 1.95. The van der Waals surface area contributed by atoms with Gasteiger partial charge in [0.25, 0.3) is 5.91 Å². The quantitative estimate of drug-likeness (QED) is 0.755. The number of nitrogens with zero attached hydrogens (tertiary/aromatic N) is 3. The van der Waals surface area contributed by atoms with Crippen LogP contribution in [-0.4, -0.2) is 46.8 Å². The second kappa shape index (κ2) is 4.07. The summed E-state index contributed by atoms with van der Waals surface area (Å²) in [6.07, 6.45) is 5.51. The molecule has 3 rings (SSSR count). The third-order valence-corrected chi connectivity index (χ3v) is 3.87. The Hall–Kier alpha value is -1.49. The maximum Gasteiger partial charge on any atom is 0.255 e. The van der Waals surface area contributed by atoms with Crippen LogP contribution in [-0.2, 0) is 4.74 Å². The number of hydrogen-bond donors (Lipinski definition) is 0. The van der Waals surface area contributed by atoms with Crippen molar-refractivity contribution in [3.05, 3.63) is 24.0 Å². The van der Waals surface area contributed by atoms with Crippen LogP contribution < -0.4 is 0 Å². The molecule has 2 bridgehead atoms. The number of piperidine rings is 1. The Morgan fingerprint density at radius 3 is 3.00 bits per heavy atom. The maximum absolute atomic E-state index is 12.3. The van der Waals surface area contributed by atoms with Gasteiger partial charge in [-0.1, -0.05) is 0 Å². The fourth-order valence-electron chi connectivity index (χ4n) is 3.11. The first kappa shape index (κ1) is 10.7. The van der Waals surface area contributed by atoms with Crippen LogP contribution in [0.5, 0.6) is 0 Å². The molecule has 5 nitrogen and oxygen atoms in total. The van der Waals surface area contributed by atoms with Gasteiger partial charge in [0.2, 0.25) is 0 Å². The standard InChI is InChI=1S/C12H15N3O2/c1-17-11-9-2-3-10(11)15(7-9)12(16)8-4-5-13-14-6-8/h4-6,9-11H,2-3,7H2,1H3/t9-,10+,11+/m0/s1. The van der Waals surface area contributed by atoms with Crippen molar-refractivity contribution in [3.8, 4) is 0 Å². The van der Waals surface area contributed by atoms with Crippen LogP contribution in [0.1, 0.15) is 23.2 Å². The van der Waals surface area contributed by atoms with Crippen molar-refractivity contribution in [2.45, 2.75) is 25.0 Å². The molecule has 0 radical (unpaired) electrons. The molecule has 1 aliphatic carbocycles. The summed E-state index contributed by atoms with van der Waals surface area (Å²) >= 11 is 0. The Morgan fingerprint density at radius 2 is 2.35 bits per heavy atom. The van der Waals surface area contributed by atoms with Crippen LogP contribution in [0.2, 0.25) is 0 Å². The summed E-state index contributed by atoms with van der Waals surface area (Å²) in [5.74, 6) is 0.554. The molecular formula is C12H15N3O2. The first-order chi connectivity index (χ1) is 8.31. The Kier molecular flexibility index (Phi) is 2.55. The molecule has 2 fully saturated rings. The van der Waals surface area contributed by atoms with Gasteiger partial charge >= 0.3 is 0 Å². The van der Waals surface area contributed by atoms with Crippen LogP contribution >= 0.6 is 0 Å². The van der Waals surface area contributed by atoms with Crippen LogP contribution in [0.15, 0.2) is 18.5 Å². The number of ether oxygens (including phenoxy) is 1. The number of amides is 1. The number of methoxy groups -OCH3 is 1. The van der Waals surface area contributed by atoms with Gasteiger partial charge in [0, 0.05) is 19.6 Å². The molecule has 0 spiro atoms. The van der Waals surface area contributed by atoms with Gasteiger partial charge in [-0.25, -0.2) is 0 Å². The van der Waals surface area contributed by atoms with Crippen molar-refractivity contribution in [2.75, 3.05) is 13.7 Å². The molecule has 2 heterocycles. The Labute approximate surface area is 99.8 Å². The molecule has 1 amide bonds. The van der Waals surface area contributed by atoms with E-state index in [1.165, 1.54) is 12.6 Å². The summed E-state index contributed by atoms with van der Waals surface area (Å²) in [4.78, 5) is 14.2. The van der Waals surface area contributed by atoms with Crippen LogP contribution in [0.25, 0.3) is 0 Å². The van der Waals surface area contributed by atoms with E-state index in [1.807, 2.05) is 4.90 Å². The Balaban J connectivity index is 1.81. The zero-order valence-corrected chi connectivity index (χ0v) is 9.74. The van der Waals surface area contributed by atoms with Crippen LogP contribution in [0.3, 0.4) is 0 Å². The lowest BCUT2D eigenvalue weighted by molar-refractivity contribution is 0.0545. The van der Waals surface area contributed by atoms with Crippen molar-refractivity contribution < 1.29 is 9.53 Å². The lowest BCUT2D eigenvalue weighted by Gasteiger charge is -2.27. The third-order valence-electron chi connectivity index (χ3n) is 3.87. The number of aromatic nitrogens is 2. The van der Waals surface area contributed by atoms with E-state index in [0.29, 0.717) is 11.5 Å². The molecule has 2 aliphatic rings. The van der Waals surface area contributed by atoms with E-state index in [-0.39, 0.29) is 18.1 Å². The number of fused-ring (bicyclic) bond motifs is 2. The van der Waals surface area contributed by atoms with Gasteiger partial charge < -0.3 is 9.64 Å². The minimum atomic E-state index is 0.0501. The fourth-order valence-corrected chi connectivity index (χ4v) is 3.11. The lowest BCUT2D eigenvalue weighted by Crippen LogP contribution is -2.39. The summed E-state index contributed by atoms with van der Waals surface area (Å²) in [6.45, 7) is 0.810. The van der Waals surface area contributed by atoms with Gasteiger partial charge in [0.1, 0.15) is 0 Å². The smallest absolute Gasteiger partial charge is 0.255 e. The predicted octanol–water partition coefficient (Wildman–Crippen LogP) is 0.726. The van der Waals surface area contributed by atoms with Gasteiger partial charge in [-0.15, -0.1) is 0 Å². The molecule has 5 heteroatoms. The zero-order valence-electron chi connectivity index (χ0n) is 9.74. The van der Waals surface area contributed by atoms with Gasteiger partial charge in [0.05, 0.1) is 30.1 Å². The zero-order chi connectivity index (χ0) is 11.8. The molecule has 3 atom stereocenters. The average Bonchev–Trinajstić information content (AvgIpc) is 2.95. The highest BCUT2D eigenvalue weighted by molar-refractivity contribution is 5.94.